The predicted molar refractivity (Wildman–Crippen MR) is 65.1 cm³/mol. The SMILES string of the molecule is CCCCC1OCCCC1CNCCC. The van der Waals surface area contributed by atoms with Crippen molar-refractivity contribution in [1.82, 2.24) is 5.32 Å². The van der Waals surface area contributed by atoms with E-state index in [0.29, 0.717) is 6.10 Å². The van der Waals surface area contributed by atoms with E-state index in [0.717, 1.165) is 25.6 Å². The average Bonchev–Trinajstić information content (AvgIpc) is 2.28. The first-order chi connectivity index (χ1) is 7.38. The number of hydrogen-bond donors (Lipinski definition) is 1. The second-order valence-electron chi connectivity index (χ2n) is 4.66. The quantitative estimate of drug-likeness (QED) is 0.656. The minimum atomic E-state index is 0.531. The van der Waals surface area contributed by atoms with Gasteiger partial charge in [-0.1, -0.05) is 26.7 Å². The van der Waals surface area contributed by atoms with Gasteiger partial charge in [-0.3, -0.25) is 0 Å². The van der Waals surface area contributed by atoms with Gasteiger partial charge in [-0.15, -0.1) is 0 Å². The molecule has 15 heavy (non-hydrogen) atoms. The van der Waals surface area contributed by atoms with Crippen LogP contribution < -0.4 is 5.32 Å². The number of rotatable bonds is 7. The van der Waals surface area contributed by atoms with E-state index in [1.54, 1.807) is 0 Å². The van der Waals surface area contributed by atoms with Crippen LogP contribution in [0.1, 0.15) is 52.4 Å². The van der Waals surface area contributed by atoms with E-state index in [4.69, 9.17) is 4.74 Å². The van der Waals surface area contributed by atoms with E-state index >= 15 is 0 Å². The molecule has 0 bridgehead atoms. The largest absolute Gasteiger partial charge is 0.378 e. The van der Waals surface area contributed by atoms with E-state index in [1.807, 2.05) is 0 Å². The van der Waals surface area contributed by atoms with E-state index in [1.165, 1.54) is 38.5 Å². The summed E-state index contributed by atoms with van der Waals surface area (Å²) >= 11 is 0. The number of nitrogens with one attached hydrogen (secondary N) is 1. The van der Waals surface area contributed by atoms with E-state index in [2.05, 4.69) is 19.2 Å². The third-order valence-corrected chi connectivity index (χ3v) is 3.25. The fraction of sp³-hybridized carbons (Fsp3) is 1.00. The fourth-order valence-electron chi connectivity index (χ4n) is 2.32. The van der Waals surface area contributed by atoms with Crippen LogP contribution >= 0.6 is 0 Å². The summed E-state index contributed by atoms with van der Waals surface area (Å²) < 4.78 is 5.88. The lowest BCUT2D eigenvalue weighted by molar-refractivity contribution is -0.0310. The topological polar surface area (TPSA) is 21.3 Å². The van der Waals surface area contributed by atoms with Crippen LogP contribution in [-0.2, 0) is 4.74 Å². The molecule has 0 aromatic rings. The molecular weight excluding hydrogens is 186 g/mol. The van der Waals surface area contributed by atoms with Crippen molar-refractivity contribution in [2.24, 2.45) is 5.92 Å². The molecule has 0 aromatic carbocycles. The molecule has 2 heteroatoms. The highest BCUT2D eigenvalue weighted by Crippen LogP contribution is 2.24. The Kier molecular flexibility index (Phi) is 7.03. The molecule has 1 heterocycles. The second-order valence-corrected chi connectivity index (χ2v) is 4.66. The number of ether oxygens (including phenoxy) is 1. The van der Waals surface area contributed by atoms with Crippen LogP contribution in [0.4, 0.5) is 0 Å². The Balaban J connectivity index is 2.22. The Morgan fingerprint density at radius 3 is 2.87 bits per heavy atom. The second kappa shape index (κ2) is 8.12. The van der Waals surface area contributed by atoms with Crippen molar-refractivity contribution < 1.29 is 4.74 Å². The summed E-state index contributed by atoms with van der Waals surface area (Å²) in [6.07, 6.45) is 8.22. The van der Waals surface area contributed by atoms with Crippen molar-refractivity contribution in [2.45, 2.75) is 58.5 Å². The summed E-state index contributed by atoms with van der Waals surface area (Å²) in [5.74, 6) is 0.761. The maximum Gasteiger partial charge on any atom is 0.0615 e. The Hall–Kier alpha value is -0.0800. The zero-order valence-corrected chi connectivity index (χ0v) is 10.4. The van der Waals surface area contributed by atoms with E-state index in [-0.39, 0.29) is 0 Å². The van der Waals surface area contributed by atoms with Crippen LogP contribution in [0.3, 0.4) is 0 Å². The van der Waals surface area contributed by atoms with Crippen LogP contribution in [-0.4, -0.2) is 25.8 Å². The lowest BCUT2D eigenvalue weighted by Gasteiger charge is -2.32. The summed E-state index contributed by atoms with van der Waals surface area (Å²) in [5.41, 5.74) is 0. The minimum absolute atomic E-state index is 0.531. The summed E-state index contributed by atoms with van der Waals surface area (Å²) in [7, 11) is 0. The van der Waals surface area contributed by atoms with Crippen LogP contribution in [0.2, 0.25) is 0 Å². The number of hydrogen-bond acceptors (Lipinski definition) is 2. The average molecular weight is 213 g/mol. The van der Waals surface area contributed by atoms with Gasteiger partial charge in [0.15, 0.2) is 0 Å². The van der Waals surface area contributed by atoms with Gasteiger partial charge >= 0.3 is 0 Å². The molecule has 1 N–H and O–H groups in total. The van der Waals surface area contributed by atoms with Gasteiger partial charge < -0.3 is 10.1 Å². The van der Waals surface area contributed by atoms with Gasteiger partial charge in [-0.05, 0) is 38.1 Å². The maximum absolute atomic E-state index is 5.88. The molecule has 1 fully saturated rings. The van der Waals surface area contributed by atoms with Gasteiger partial charge in [0, 0.05) is 13.2 Å². The monoisotopic (exact) mass is 213 g/mol. The Morgan fingerprint density at radius 1 is 1.27 bits per heavy atom. The zero-order valence-electron chi connectivity index (χ0n) is 10.4. The van der Waals surface area contributed by atoms with Gasteiger partial charge in [0.2, 0.25) is 0 Å². The normalized spacial score (nSPS) is 26.8. The predicted octanol–water partition coefficient (Wildman–Crippen LogP) is 2.97. The molecule has 0 radical (unpaired) electrons. The molecule has 1 saturated heterocycles. The minimum Gasteiger partial charge on any atom is -0.378 e. The van der Waals surface area contributed by atoms with Gasteiger partial charge in [-0.2, -0.15) is 0 Å². The van der Waals surface area contributed by atoms with Gasteiger partial charge in [0.1, 0.15) is 0 Å². The molecule has 90 valence electrons. The maximum atomic E-state index is 5.88. The van der Waals surface area contributed by atoms with Gasteiger partial charge in [0.05, 0.1) is 6.10 Å². The summed E-state index contributed by atoms with van der Waals surface area (Å²) in [4.78, 5) is 0. The molecule has 0 aliphatic carbocycles. The first-order valence-electron chi connectivity index (χ1n) is 6.70. The molecule has 1 aliphatic heterocycles. The summed E-state index contributed by atoms with van der Waals surface area (Å²) in [5, 5.41) is 3.53. The molecule has 1 rings (SSSR count). The van der Waals surface area contributed by atoms with Crippen molar-refractivity contribution in [3.63, 3.8) is 0 Å². The van der Waals surface area contributed by atoms with Crippen molar-refractivity contribution >= 4 is 0 Å². The first-order valence-corrected chi connectivity index (χ1v) is 6.70. The van der Waals surface area contributed by atoms with Gasteiger partial charge in [-0.25, -0.2) is 0 Å². The third-order valence-electron chi connectivity index (χ3n) is 3.25. The standard InChI is InChI=1S/C13H27NO/c1-3-5-8-13-12(7-6-10-15-13)11-14-9-4-2/h12-14H,3-11H2,1-2H3. The molecule has 0 amide bonds. The highest BCUT2D eigenvalue weighted by Gasteiger charge is 2.24. The van der Waals surface area contributed by atoms with Crippen LogP contribution in [0.25, 0.3) is 0 Å². The summed E-state index contributed by atoms with van der Waals surface area (Å²) in [6.45, 7) is 7.77. The van der Waals surface area contributed by atoms with Crippen molar-refractivity contribution in [1.29, 1.82) is 0 Å². The van der Waals surface area contributed by atoms with E-state index in [9.17, 15) is 0 Å². The van der Waals surface area contributed by atoms with Crippen molar-refractivity contribution in [3.05, 3.63) is 0 Å². The fourth-order valence-corrected chi connectivity index (χ4v) is 2.32. The molecule has 2 unspecified atom stereocenters. The number of unbranched alkanes of at least 4 members (excludes halogenated alkanes) is 1. The molecule has 0 aromatic heterocycles. The highest BCUT2D eigenvalue weighted by molar-refractivity contribution is 4.76. The van der Waals surface area contributed by atoms with Crippen LogP contribution in [0.5, 0.6) is 0 Å². The Morgan fingerprint density at radius 2 is 2.13 bits per heavy atom. The molecular formula is C13H27NO. The molecule has 1 aliphatic rings. The zero-order chi connectivity index (χ0) is 10.9. The molecule has 0 spiro atoms. The van der Waals surface area contributed by atoms with Crippen LogP contribution in [0, 0.1) is 5.92 Å². The van der Waals surface area contributed by atoms with Crippen molar-refractivity contribution in [3.8, 4) is 0 Å². The van der Waals surface area contributed by atoms with Gasteiger partial charge in [0.25, 0.3) is 0 Å². The lowest BCUT2D eigenvalue weighted by atomic mass is 9.91. The Labute approximate surface area is 94.8 Å². The smallest absolute Gasteiger partial charge is 0.0615 e. The summed E-state index contributed by atoms with van der Waals surface area (Å²) in [6, 6.07) is 0. The highest BCUT2D eigenvalue weighted by atomic mass is 16.5. The van der Waals surface area contributed by atoms with E-state index < -0.39 is 0 Å². The Bertz CT molecular complexity index is 149. The third kappa shape index (κ3) is 4.98. The lowest BCUT2D eigenvalue weighted by Crippen LogP contribution is -2.37. The first kappa shape index (κ1) is 13.0. The molecule has 0 saturated carbocycles. The van der Waals surface area contributed by atoms with Crippen molar-refractivity contribution in [2.75, 3.05) is 19.7 Å². The van der Waals surface area contributed by atoms with Crippen LogP contribution in [0.15, 0.2) is 0 Å². The molecule has 2 atom stereocenters. The molecule has 2 nitrogen and oxygen atoms in total.